The molecule has 0 saturated carbocycles. The van der Waals surface area contributed by atoms with Crippen LogP contribution in [0.5, 0.6) is 0 Å². The van der Waals surface area contributed by atoms with Crippen LogP contribution in [0.25, 0.3) is 5.69 Å². The Labute approximate surface area is 210 Å². The van der Waals surface area contributed by atoms with Gasteiger partial charge in [-0.1, -0.05) is 30.0 Å². The Balaban J connectivity index is 1.37. The molecule has 0 N–H and O–H groups in total. The largest absolute Gasteiger partial charge is 0.378 e. The van der Waals surface area contributed by atoms with Crippen LogP contribution >= 0.6 is 11.8 Å². The first-order valence-electron chi connectivity index (χ1n) is 12.3. The molecule has 5 rings (SSSR count). The van der Waals surface area contributed by atoms with Crippen molar-refractivity contribution in [1.29, 1.82) is 0 Å². The molecule has 2 aliphatic rings. The van der Waals surface area contributed by atoms with Gasteiger partial charge in [-0.2, -0.15) is 0 Å². The van der Waals surface area contributed by atoms with E-state index in [1.807, 2.05) is 25.1 Å². The van der Waals surface area contributed by atoms with Crippen LogP contribution in [-0.4, -0.2) is 69.9 Å². The van der Waals surface area contributed by atoms with Gasteiger partial charge >= 0.3 is 0 Å². The molecule has 186 valence electrons. The standard InChI is InChI=1S/C26H33N5O3S/c1-18-7-4-5-9-23(18)31-25(29-10-13-33-14-11-29)27-28-26(31)35-17-24(32)22-15-19(2)30(20(22)3)16-21-8-6-12-34-21/h4-5,7,9,15,21H,6,8,10-14,16-17H2,1-3H3/t21-/m1/s1. The molecular weight excluding hydrogens is 462 g/mol. The lowest BCUT2D eigenvalue weighted by molar-refractivity contribution is 0.0957. The highest BCUT2D eigenvalue weighted by Crippen LogP contribution is 2.30. The van der Waals surface area contributed by atoms with Gasteiger partial charge in [0.2, 0.25) is 5.95 Å². The predicted molar refractivity (Wildman–Crippen MR) is 137 cm³/mol. The summed E-state index contributed by atoms with van der Waals surface area (Å²) in [5, 5.41) is 9.77. The number of aromatic nitrogens is 4. The fraction of sp³-hybridized carbons (Fsp3) is 0.500. The van der Waals surface area contributed by atoms with Crippen molar-refractivity contribution in [2.24, 2.45) is 0 Å². The van der Waals surface area contributed by atoms with E-state index >= 15 is 0 Å². The number of hydrogen-bond acceptors (Lipinski definition) is 7. The Bertz CT molecular complexity index is 1190. The number of anilines is 1. The minimum Gasteiger partial charge on any atom is -0.378 e. The van der Waals surface area contributed by atoms with Crippen LogP contribution in [0.15, 0.2) is 35.5 Å². The minimum absolute atomic E-state index is 0.106. The smallest absolute Gasteiger partial charge is 0.232 e. The lowest BCUT2D eigenvalue weighted by Gasteiger charge is -2.28. The highest BCUT2D eigenvalue weighted by molar-refractivity contribution is 7.99. The molecule has 2 saturated heterocycles. The molecule has 2 aromatic heterocycles. The number of Topliss-reactive ketones (excluding diaryl/α,β-unsaturated/α-hetero) is 1. The summed E-state index contributed by atoms with van der Waals surface area (Å²) in [6, 6.07) is 10.2. The molecule has 4 heterocycles. The number of morpholine rings is 1. The van der Waals surface area contributed by atoms with Crippen LogP contribution in [0.1, 0.15) is 40.2 Å². The second-order valence-electron chi connectivity index (χ2n) is 9.25. The number of carbonyl (C=O) groups is 1. The normalized spacial score (nSPS) is 18.4. The second kappa shape index (κ2) is 10.6. The Morgan fingerprint density at radius 1 is 1.11 bits per heavy atom. The van der Waals surface area contributed by atoms with E-state index in [1.54, 1.807) is 0 Å². The number of thioether (sulfide) groups is 1. The van der Waals surface area contributed by atoms with Gasteiger partial charge in [0.1, 0.15) is 0 Å². The Hall–Kier alpha value is -2.62. The van der Waals surface area contributed by atoms with Gasteiger partial charge in [-0.3, -0.25) is 9.36 Å². The van der Waals surface area contributed by atoms with Gasteiger partial charge < -0.3 is 18.9 Å². The number of hydrogen-bond donors (Lipinski definition) is 0. The lowest BCUT2D eigenvalue weighted by atomic mass is 10.2. The zero-order chi connectivity index (χ0) is 24.4. The monoisotopic (exact) mass is 495 g/mol. The minimum atomic E-state index is 0.106. The zero-order valence-electron chi connectivity index (χ0n) is 20.7. The summed E-state index contributed by atoms with van der Waals surface area (Å²) in [6.45, 7) is 10.7. The first-order valence-corrected chi connectivity index (χ1v) is 13.3. The van der Waals surface area contributed by atoms with E-state index in [-0.39, 0.29) is 11.9 Å². The van der Waals surface area contributed by atoms with Crippen molar-refractivity contribution in [3.05, 3.63) is 52.8 Å². The van der Waals surface area contributed by atoms with Gasteiger partial charge in [0.15, 0.2) is 10.9 Å². The molecule has 8 nitrogen and oxygen atoms in total. The van der Waals surface area contributed by atoms with Crippen molar-refractivity contribution < 1.29 is 14.3 Å². The molecule has 35 heavy (non-hydrogen) atoms. The zero-order valence-corrected chi connectivity index (χ0v) is 21.5. The molecule has 0 bridgehead atoms. The predicted octanol–water partition coefficient (Wildman–Crippen LogP) is 3.98. The van der Waals surface area contributed by atoms with Crippen molar-refractivity contribution in [2.45, 2.75) is 51.4 Å². The van der Waals surface area contributed by atoms with E-state index in [0.717, 1.165) is 78.4 Å². The van der Waals surface area contributed by atoms with E-state index in [1.165, 1.54) is 11.8 Å². The number of nitrogens with zero attached hydrogens (tertiary/aromatic N) is 5. The molecule has 1 atom stereocenters. The topological polar surface area (TPSA) is 74.4 Å². The van der Waals surface area contributed by atoms with Crippen LogP contribution in [0.3, 0.4) is 0 Å². The summed E-state index contributed by atoms with van der Waals surface area (Å²) in [5.74, 6) is 1.21. The molecule has 0 unspecified atom stereocenters. The second-order valence-corrected chi connectivity index (χ2v) is 10.2. The number of ether oxygens (including phenoxy) is 2. The van der Waals surface area contributed by atoms with Crippen LogP contribution < -0.4 is 4.90 Å². The van der Waals surface area contributed by atoms with Crippen LogP contribution in [0.2, 0.25) is 0 Å². The number of ketones is 1. The molecule has 3 aromatic rings. The van der Waals surface area contributed by atoms with Crippen molar-refractivity contribution in [3.8, 4) is 5.69 Å². The molecule has 0 amide bonds. The lowest BCUT2D eigenvalue weighted by Crippen LogP contribution is -2.38. The molecular formula is C26H33N5O3S. The van der Waals surface area contributed by atoms with E-state index in [2.05, 4.69) is 50.2 Å². The van der Waals surface area contributed by atoms with Gasteiger partial charge in [-0.05, 0) is 51.3 Å². The first-order chi connectivity index (χ1) is 17.0. The molecule has 1 aromatic carbocycles. The number of para-hydroxylation sites is 1. The highest BCUT2D eigenvalue weighted by atomic mass is 32.2. The maximum absolute atomic E-state index is 13.3. The molecule has 0 radical (unpaired) electrons. The molecule has 2 fully saturated rings. The highest BCUT2D eigenvalue weighted by Gasteiger charge is 2.25. The maximum atomic E-state index is 13.3. The van der Waals surface area contributed by atoms with Gasteiger partial charge in [0, 0.05) is 43.2 Å². The van der Waals surface area contributed by atoms with Crippen LogP contribution in [0.4, 0.5) is 5.95 Å². The van der Waals surface area contributed by atoms with Crippen molar-refractivity contribution in [1.82, 2.24) is 19.3 Å². The third-order valence-corrected chi connectivity index (χ3v) is 7.81. The summed E-state index contributed by atoms with van der Waals surface area (Å²) in [7, 11) is 0. The third-order valence-electron chi connectivity index (χ3n) is 6.88. The van der Waals surface area contributed by atoms with Crippen molar-refractivity contribution in [3.63, 3.8) is 0 Å². The number of rotatable bonds is 8. The summed E-state index contributed by atoms with van der Waals surface area (Å²) in [5.41, 5.74) is 5.06. The van der Waals surface area contributed by atoms with Crippen LogP contribution in [0, 0.1) is 20.8 Å². The summed E-state index contributed by atoms with van der Waals surface area (Å²) >= 11 is 1.44. The summed E-state index contributed by atoms with van der Waals surface area (Å²) in [6.07, 6.45) is 2.43. The molecule has 0 aliphatic carbocycles. The number of carbonyl (C=O) groups excluding carboxylic acids is 1. The Morgan fingerprint density at radius 2 is 1.91 bits per heavy atom. The molecule has 2 aliphatic heterocycles. The SMILES string of the molecule is Cc1ccccc1-n1c(SCC(=O)c2cc(C)n(C[C@H]3CCCO3)c2C)nnc1N1CCOCC1. The Morgan fingerprint density at radius 3 is 2.66 bits per heavy atom. The molecule has 9 heteroatoms. The maximum Gasteiger partial charge on any atom is 0.232 e. The Kier molecular flexibility index (Phi) is 7.27. The van der Waals surface area contributed by atoms with E-state index < -0.39 is 0 Å². The van der Waals surface area contributed by atoms with E-state index in [4.69, 9.17) is 9.47 Å². The van der Waals surface area contributed by atoms with E-state index in [0.29, 0.717) is 19.0 Å². The average Bonchev–Trinajstić information content (AvgIpc) is 3.60. The van der Waals surface area contributed by atoms with Crippen molar-refractivity contribution in [2.75, 3.05) is 43.6 Å². The van der Waals surface area contributed by atoms with Gasteiger partial charge in [-0.15, -0.1) is 10.2 Å². The van der Waals surface area contributed by atoms with Gasteiger partial charge in [0.25, 0.3) is 0 Å². The summed E-state index contributed by atoms with van der Waals surface area (Å²) < 4.78 is 15.7. The van der Waals surface area contributed by atoms with Gasteiger partial charge in [0.05, 0.1) is 30.8 Å². The molecule has 0 spiro atoms. The fourth-order valence-corrected chi connectivity index (χ4v) is 5.74. The van der Waals surface area contributed by atoms with Crippen LogP contribution in [-0.2, 0) is 16.0 Å². The third kappa shape index (κ3) is 5.03. The van der Waals surface area contributed by atoms with Crippen molar-refractivity contribution >= 4 is 23.5 Å². The average molecular weight is 496 g/mol. The van der Waals surface area contributed by atoms with Gasteiger partial charge in [-0.25, -0.2) is 0 Å². The summed E-state index contributed by atoms with van der Waals surface area (Å²) in [4.78, 5) is 15.5. The van der Waals surface area contributed by atoms with E-state index in [9.17, 15) is 4.79 Å². The number of aryl methyl sites for hydroxylation is 2. The quantitative estimate of drug-likeness (QED) is 0.346. The fourth-order valence-electron chi connectivity index (χ4n) is 4.91. The first kappa shape index (κ1) is 24.1. The number of benzene rings is 1.